The molecule has 3 amide bonds. The summed E-state index contributed by atoms with van der Waals surface area (Å²) >= 11 is 0. The van der Waals surface area contributed by atoms with E-state index < -0.39 is 6.03 Å². The third-order valence-electron chi connectivity index (χ3n) is 3.76. The van der Waals surface area contributed by atoms with Crippen molar-refractivity contribution < 1.29 is 9.59 Å². The summed E-state index contributed by atoms with van der Waals surface area (Å²) in [6.45, 7) is 1.96. The predicted molar refractivity (Wildman–Crippen MR) is 78.2 cm³/mol. The molecule has 20 heavy (non-hydrogen) atoms. The number of benzene rings is 1. The van der Waals surface area contributed by atoms with Gasteiger partial charge < -0.3 is 16.4 Å². The van der Waals surface area contributed by atoms with E-state index >= 15 is 0 Å². The summed E-state index contributed by atoms with van der Waals surface area (Å²) in [5.41, 5.74) is 6.71. The summed E-state index contributed by atoms with van der Waals surface area (Å²) < 4.78 is 0. The first-order chi connectivity index (χ1) is 9.56. The van der Waals surface area contributed by atoms with Gasteiger partial charge in [0, 0.05) is 11.6 Å². The zero-order valence-corrected chi connectivity index (χ0v) is 11.7. The number of urea groups is 1. The van der Waals surface area contributed by atoms with Gasteiger partial charge in [0.15, 0.2) is 0 Å². The standard InChI is InChI=1S/C15H21N3O2/c1-10(17-14(19)12-4-2-3-5-12)11-6-8-13(9-7-11)18-15(16)20/h6-10,12H,2-5H2,1H3,(H,17,19)(H3,16,18,20). The molecule has 4 N–H and O–H groups in total. The third-order valence-corrected chi connectivity index (χ3v) is 3.76. The maximum Gasteiger partial charge on any atom is 0.316 e. The quantitative estimate of drug-likeness (QED) is 0.789. The lowest BCUT2D eigenvalue weighted by molar-refractivity contribution is -0.125. The Bertz CT molecular complexity index is 478. The smallest absolute Gasteiger partial charge is 0.316 e. The molecule has 1 aromatic rings. The van der Waals surface area contributed by atoms with Gasteiger partial charge in [-0.3, -0.25) is 4.79 Å². The Morgan fingerprint density at radius 2 is 1.80 bits per heavy atom. The Hall–Kier alpha value is -2.04. The van der Waals surface area contributed by atoms with Gasteiger partial charge in [-0.2, -0.15) is 0 Å². The van der Waals surface area contributed by atoms with Crippen molar-refractivity contribution >= 4 is 17.6 Å². The second kappa shape index (κ2) is 6.41. The molecule has 1 aliphatic rings. The van der Waals surface area contributed by atoms with Crippen LogP contribution >= 0.6 is 0 Å². The molecule has 5 heteroatoms. The third kappa shape index (κ3) is 3.73. The van der Waals surface area contributed by atoms with Crippen molar-refractivity contribution in [1.82, 2.24) is 5.32 Å². The van der Waals surface area contributed by atoms with E-state index in [4.69, 9.17) is 5.73 Å². The van der Waals surface area contributed by atoms with Crippen LogP contribution in [0.5, 0.6) is 0 Å². The van der Waals surface area contributed by atoms with Crippen LogP contribution in [0.3, 0.4) is 0 Å². The largest absolute Gasteiger partial charge is 0.351 e. The van der Waals surface area contributed by atoms with E-state index in [1.807, 2.05) is 19.1 Å². The average molecular weight is 275 g/mol. The molecule has 1 aliphatic carbocycles. The summed E-state index contributed by atoms with van der Waals surface area (Å²) in [5, 5.41) is 5.56. The normalized spacial score (nSPS) is 16.6. The van der Waals surface area contributed by atoms with Crippen LogP contribution in [-0.2, 0) is 4.79 Å². The fourth-order valence-electron chi connectivity index (χ4n) is 2.60. The van der Waals surface area contributed by atoms with Crippen LogP contribution < -0.4 is 16.4 Å². The lowest BCUT2D eigenvalue weighted by Gasteiger charge is -2.17. The van der Waals surface area contributed by atoms with Crippen LogP contribution in [0.4, 0.5) is 10.5 Å². The van der Waals surface area contributed by atoms with E-state index in [1.165, 1.54) is 0 Å². The average Bonchev–Trinajstić information content (AvgIpc) is 2.92. The van der Waals surface area contributed by atoms with Crippen molar-refractivity contribution in [2.24, 2.45) is 11.7 Å². The molecule has 5 nitrogen and oxygen atoms in total. The van der Waals surface area contributed by atoms with Gasteiger partial charge in [-0.1, -0.05) is 25.0 Å². The van der Waals surface area contributed by atoms with Crippen LogP contribution in [0.15, 0.2) is 24.3 Å². The zero-order valence-electron chi connectivity index (χ0n) is 11.7. The lowest BCUT2D eigenvalue weighted by atomic mass is 10.0. The van der Waals surface area contributed by atoms with E-state index in [9.17, 15) is 9.59 Å². The van der Waals surface area contributed by atoms with Gasteiger partial charge in [0.1, 0.15) is 0 Å². The first kappa shape index (κ1) is 14.4. The van der Waals surface area contributed by atoms with Crippen molar-refractivity contribution in [2.75, 3.05) is 5.32 Å². The van der Waals surface area contributed by atoms with Gasteiger partial charge in [-0.25, -0.2) is 4.79 Å². The molecule has 1 fully saturated rings. The molecule has 0 heterocycles. The van der Waals surface area contributed by atoms with Crippen LogP contribution in [0, 0.1) is 5.92 Å². The van der Waals surface area contributed by atoms with Crippen LogP contribution in [-0.4, -0.2) is 11.9 Å². The highest BCUT2D eigenvalue weighted by Crippen LogP contribution is 2.26. The first-order valence-electron chi connectivity index (χ1n) is 7.03. The van der Waals surface area contributed by atoms with Crippen LogP contribution in [0.25, 0.3) is 0 Å². The highest BCUT2D eigenvalue weighted by atomic mass is 16.2. The molecule has 1 unspecified atom stereocenters. The van der Waals surface area contributed by atoms with Crippen LogP contribution in [0.1, 0.15) is 44.2 Å². The molecule has 2 rings (SSSR count). The van der Waals surface area contributed by atoms with Crippen molar-refractivity contribution in [3.8, 4) is 0 Å². The molecule has 1 aromatic carbocycles. The first-order valence-corrected chi connectivity index (χ1v) is 7.03. The lowest BCUT2D eigenvalue weighted by Crippen LogP contribution is -2.31. The van der Waals surface area contributed by atoms with Crippen LogP contribution in [0.2, 0.25) is 0 Å². The highest BCUT2D eigenvalue weighted by molar-refractivity contribution is 5.87. The van der Waals surface area contributed by atoms with E-state index in [0.717, 1.165) is 31.2 Å². The molecule has 0 aliphatic heterocycles. The molecule has 108 valence electrons. The number of rotatable bonds is 4. The fraction of sp³-hybridized carbons (Fsp3) is 0.467. The predicted octanol–water partition coefficient (Wildman–Crippen LogP) is 2.54. The van der Waals surface area contributed by atoms with Gasteiger partial charge >= 0.3 is 6.03 Å². The Kier molecular flexibility index (Phi) is 4.61. The van der Waals surface area contributed by atoms with E-state index in [-0.39, 0.29) is 17.9 Å². The second-order valence-corrected chi connectivity index (χ2v) is 5.32. The number of hydrogen-bond acceptors (Lipinski definition) is 2. The number of carbonyl (C=O) groups excluding carboxylic acids is 2. The van der Waals surface area contributed by atoms with Gasteiger partial charge in [-0.05, 0) is 37.5 Å². The van der Waals surface area contributed by atoms with Crippen molar-refractivity contribution in [3.63, 3.8) is 0 Å². The van der Waals surface area contributed by atoms with Crippen molar-refractivity contribution in [3.05, 3.63) is 29.8 Å². The molecule has 1 atom stereocenters. The van der Waals surface area contributed by atoms with E-state index in [2.05, 4.69) is 10.6 Å². The monoisotopic (exact) mass is 275 g/mol. The Balaban J connectivity index is 1.92. The van der Waals surface area contributed by atoms with Gasteiger partial charge in [0.2, 0.25) is 5.91 Å². The minimum atomic E-state index is -0.583. The number of primary amides is 1. The molecule has 0 bridgehead atoms. The number of amides is 3. The van der Waals surface area contributed by atoms with Crippen molar-refractivity contribution in [2.45, 2.75) is 38.6 Å². The molecule has 0 radical (unpaired) electrons. The SMILES string of the molecule is CC(NC(=O)C1CCCC1)c1ccc(NC(N)=O)cc1. The summed E-state index contributed by atoms with van der Waals surface area (Å²) in [5.74, 6) is 0.322. The summed E-state index contributed by atoms with van der Waals surface area (Å²) in [6.07, 6.45) is 4.31. The molecule has 0 aromatic heterocycles. The maximum absolute atomic E-state index is 12.1. The summed E-state index contributed by atoms with van der Waals surface area (Å²) in [6, 6.07) is 6.69. The summed E-state index contributed by atoms with van der Waals surface area (Å²) in [7, 11) is 0. The Labute approximate surface area is 118 Å². The molecule has 1 saturated carbocycles. The number of nitrogens with one attached hydrogen (secondary N) is 2. The number of hydrogen-bond donors (Lipinski definition) is 3. The Morgan fingerprint density at radius 3 is 2.35 bits per heavy atom. The fourth-order valence-corrected chi connectivity index (χ4v) is 2.60. The van der Waals surface area contributed by atoms with Gasteiger partial charge in [0.25, 0.3) is 0 Å². The molecular formula is C15H21N3O2. The van der Waals surface area contributed by atoms with E-state index in [1.54, 1.807) is 12.1 Å². The molecule has 0 spiro atoms. The number of nitrogens with two attached hydrogens (primary N) is 1. The minimum absolute atomic E-state index is 0.0364. The number of carbonyl (C=O) groups is 2. The summed E-state index contributed by atoms with van der Waals surface area (Å²) in [4.78, 5) is 22.8. The van der Waals surface area contributed by atoms with Gasteiger partial charge in [0.05, 0.1) is 6.04 Å². The van der Waals surface area contributed by atoms with E-state index in [0.29, 0.717) is 5.69 Å². The minimum Gasteiger partial charge on any atom is -0.351 e. The molecule has 0 saturated heterocycles. The Morgan fingerprint density at radius 1 is 1.20 bits per heavy atom. The maximum atomic E-state index is 12.1. The molecular weight excluding hydrogens is 254 g/mol. The zero-order chi connectivity index (χ0) is 14.5. The highest BCUT2D eigenvalue weighted by Gasteiger charge is 2.23. The van der Waals surface area contributed by atoms with Crippen molar-refractivity contribution in [1.29, 1.82) is 0 Å². The second-order valence-electron chi connectivity index (χ2n) is 5.32. The number of anilines is 1. The topological polar surface area (TPSA) is 84.2 Å². The van der Waals surface area contributed by atoms with Gasteiger partial charge in [-0.15, -0.1) is 0 Å².